The molecule has 1 N–H and O–H groups in total. The van der Waals surface area contributed by atoms with Gasteiger partial charge >= 0.3 is 0 Å². The summed E-state index contributed by atoms with van der Waals surface area (Å²) in [5.41, 5.74) is 0.611. The Labute approximate surface area is 113 Å². The number of halogens is 2. The number of aromatic nitrogens is 2. The number of imidazole rings is 1. The quantitative estimate of drug-likeness (QED) is 0.941. The average molecular weight is 313 g/mol. The van der Waals surface area contributed by atoms with Crippen molar-refractivity contribution in [2.45, 2.75) is 26.0 Å². The van der Waals surface area contributed by atoms with E-state index in [4.69, 9.17) is 0 Å². The summed E-state index contributed by atoms with van der Waals surface area (Å²) in [6.45, 7) is 2.86. The molecule has 0 saturated carbocycles. The summed E-state index contributed by atoms with van der Waals surface area (Å²) in [6, 6.07) is 4.23. The van der Waals surface area contributed by atoms with Crippen LogP contribution in [0.4, 0.5) is 4.39 Å². The molecule has 0 radical (unpaired) electrons. The van der Waals surface area contributed by atoms with Crippen LogP contribution in [0.3, 0.4) is 0 Å². The lowest BCUT2D eigenvalue weighted by atomic mass is 10.1. The van der Waals surface area contributed by atoms with Crippen LogP contribution in [-0.4, -0.2) is 14.7 Å². The highest BCUT2D eigenvalue weighted by molar-refractivity contribution is 9.10. The van der Waals surface area contributed by atoms with Gasteiger partial charge in [-0.3, -0.25) is 0 Å². The molecule has 1 unspecified atom stereocenters. The van der Waals surface area contributed by atoms with Crippen molar-refractivity contribution in [1.82, 2.24) is 9.55 Å². The van der Waals surface area contributed by atoms with Gasteiger partial charge in [-0.2, -0.15) is 0 Å². The highest BCUT2D eigenvalue weighted by Gasteiger charge is 2.18. The minimum atomic E-state index is -0.860. The van der Waals surface area contributed by atoms with Gasteiger partial charge in [-0.15, -0.1) is 0 Å². The predicted molar refractivity (Wildman–Crippen MR) is 70.7 cm³/mol. The molecule has 0 aliphatic carbocycles. The standard InChI is InChI=1S/C13H14BrFN2O/c1-2-6-17-7-5-16-13(17)12(18)10-4-3-9(15)8-11(10)14/h3-5,7-8,12,18H,2,6H2,1H3. The fourth-order valence-electron chi connectivity index (χ4n) is 1.86. The van der Waals surface area contributed by atoms with Gasteiger partial charge in [0, 0.05) is 29.0 Å². The van der Waals surface area contributed by atoms with Gasteiger partial charge in [0.05, 0.1) is 0 Å². The minimum absolute atomic E-state index is 0.338. The lowest BCUT2D eigenvalue weighted by molar-refractivity contribution is 0.203. The number of benzene rings is 1. The third kappa shape index (κ3) is 2.62. The number of aryl methyl sites for hydroxylation is 1. The number of hydrogen-bond donors (Lipinski definition) is 1. The Bertz CT molecular complexity index is 542. The van der Waals surface area contributed by atoms with Gasteiger partial charge in [0.1, 0.15) is 17.7 Å². The molecule has 0 spiro atoms. The molecule has 0 saturated heterocycles. The first-order valence-corrected chi connectivity index (χ1v) is 6.56. The third-order valence-electron chi connectivity index (χ3n) is 2.71. The number of aliphatic hydroxyl groups excluding tert-OH is 1. The molecule has 2 rings (SSSR count). The predicted octanol–water partition coefficient (Wildman–Crippen LogP) is 3.28. The molecule has 0 amide bonds. The summed E-state index contributed by atoms with van der Waals surface area (Å²) < 4.78 is 15.5. The molecular formula is C13H14BrFN2O. The van der Waals surface area contributed by atoms with E-state index in [9.17, 15) is 9.50 Å². The Balaban J connectivity index is 2.35. The Kier molecular flexibility index (Phi) is 4.14. The van der Waals surface area contributed by atoms with Gasteiger partial charge in [0.2, 0.25) is 0 Å². The number of aliphatic hydroxyl groups is 1. The minimum Gasteiger partial charge on any atom is -0.380 e. The van der Waals surface area contributed by atoms with E-state index in [1.807, 2.05) is 10.8 Å². The van der Waals surface area contributed by atoms with Crippen molar-refractivity contribution >= 4 is 15.9 Å². The van der Waals surface area contributed by atoms with Crippen molar-refractivity contribution in [2.75, 3.05) is 0 Å². The van der Waals surface area contributed by atoms with Gasteiger partial charge in [0.25, 0.3) is 0 Å². The second-order valence-corrected chi connectivity index (χ2v) is 4.90. The maximum atomic E-state index is 13.0. The molecule has 2 aromatic rings. The second-order valence-electron chi connectivity index (χ2n) is 4.05. The van der Waals surface area contributed by atoms with E-state index in [0.29, 0.717) is 15.9 Å². The highest BCUT2D eigenvalue weighted by Crippen LogP contribution is 2.28. The molecule has 0 aliphatic heterocycles. The maximum absolute atomic E-state index is 13.0. The molecule has 1 aromatic heterocycles. The molecular weight excluding hydrogens is 299 g/mol. The van der Waals surface area contributed by atoms with E-state index in [-0.39, 0.29) is 5.82 Å². The third-order valence-corrected chi connectivity index (χ3v) is 3.40. The summed E-state index contributed by atoms with van der Waals surface area (Å²) in [7, 11) is 0. The van der Waals surface area contributed by atoms with E-state index >= 15 is 0 Å². The number of hydrogen-bond acceptors (Lipinski definition) is 2. The van der Waals surface area contributed by atoms with Gasteiger partial charge in [0.15, 0.2) is 0 Å². The first-order valence-electron chi connectivity index (χ1n) is 5.77. The van der Waals surface area contributed by atoms with Crippen molar-refractivity contribution in [3.63, 3.8) is 0 Å². The van der Waals surface area contributed by atoms with Gasteiger partial charge in [-0.1, -0.05) is 28.9 Å². The Morgan fingerprint density at radius 2 is 2.28 bits per heavy atom. The van der Waals surface area contributed by atoms with Crippen LogP contribution in [0.1, 0.15) is 30.8 Å². The zero-order chi connectivity index (χ0) is 13.1. The first kappa shape index (κ1) is 13.2. The summed E-state index contributed by atoms with van der Waals surface area (Å²) in [5.74, 6) is 0.235. The van der Waals surface area contributed by atoms with E-state index in [0.717, 1.165) is 13.0 Å². The largest absolute Gasteiger partial charge is 0.380 e. The number of nitrogens with zero attached hydrogens (tertiary/aromatic N) is 2. The fraction of sp³-hybridized carbons (Fsp3) is 0.308. The van der Waals surface area contributed by atoms with Gasteiger partial charge < -0.3 is 9.67 Å². The maximum Gasteiger partial charge on any atom is 0.142 e. The Morgan fingerprint density at radius 3 is 2.94 bits per heavy atom. The Hall–Kier alpha value is -1.20. The molecule has 3 nitrogen and oxygen atoms in total. The smallest absolute Gasteiger partial charge is 0.142 e. The molecule has 18 heavy (non-hydrogen) atoms. The van der Waals surface area contributed by atoms with Crippen molar-refractivity contribution in [2.24, 2.45) is 0 Å². The molecule has 5 heteroatoms. The fourth-order valence-corrected chi connectivity index (χ4v) is 2.43. The van der Waals surface area contributed by atoms with Crippen molar-refractivity contribution in [3.05, 3.63) is 52.3 Å². The second kappa shape index (κ2) is 5.63. The van der Waals surface area contributed by atoms with E-state index in [2.05, 4.69) is 27.8 Å². The van der Waals surface area contributed by atoms with Crippen LogP contribution < -0.4 is 0 Å². The molecule has 0 fully saturated rings. The summed E-state index contributed by atoms with van der Waals surface area (Å²) >= 11 is 3.26. The highest BCUT2D eigenvalue weighted by atomic mass is 79.9. The summed E-state index contributed by atoms with van der Waals surface area (Å²) in [5, 5.41) is 10.3. The molecule has 1 aromatic carbocycles. The van der Waals surface area contributed by atoms with Crippen molar-refractivity contribution < 1.29 is 9.50 Å². The van der Waals surface area contributed by atoms with Crippen LogP contribution in [0.5, 0.6) is 0 Å². The monoisotopic (exact) mass is 312 g/mol. The molecule has 96 valence electrons. The van der Waals surface area contributed by atoms with Crippen molar-refractivity contribution in [3.8, 4) is 0 Å². The van der Waals surface area contributed by atoms with Crippen LogP contribution in [0, 0.1) is 5.82 Å². The van der Waals surface area contributed by atoms with Crippen LogP contribution in [0.2, 0.25) is 0 Å². The number of rotatable bonds is 4. The van der Waals surface area contributed by atoms with Crippen LogP contribution in [0.15, 0.2) is 35.1 Å². The zero-order valence-electron chi connectivity index (χ0n) is 9.98. The van der Waals surface area contributed by atoms with Crippen LogP contribution >= 0.6 is 15.9 Å². The normalized spacial score (nSPS) is 12.7. The van der Waals surface area contributed by atoms with Gasteiger partial charge in [-0.25, -0.2) is 9.37 Å². The Morgan fingerprint density at radius 1 is 1.50 bits per heavy atom. The van der Waals surface area contributed by atoms with Crippen molar-refractivity contribution in [1.29, 1.82) is 0 Å². The molecule has 1 heterocycles. The lowest BCUT2D eigenvalue weighted by Gasteiger charge is -2.14. The average Bonchev–Trinajstić information content (AvgIpc) is 2.77. The summed E-state index contributed by atoms with van der Waals surface area (Å²) in [6.07, 6.45) is 3.59. The van der Waals surface area contributed by atoms with Crippen LogP contribution in [-0.2, 0) is 6.54 Å². The van der Waals surface area contributed by atoms with E-state index < -0.39 is 6.10 Å². The van der Waals surface area contributed by atoms with E-state index in [1.165, 1.54) is 12.1 Å². The topological polar surface area (TPSA) is 38.0 Å². The first-order chi connectivity index (χ1) is 8.63. The molecule has 1 atom stereocenters. The lowest BCUT2D eigenvalue weighted by Crippen LogP contribution is -2.10. The molecule has 0 aliphatic rings. The summed E-state index contributed by atoms with van der Waals surface area (Å²) in [4.78, 5) is 4.17. The van der Waals surface area contributed by atoms with Crippen LogP contribution in [0.25, 0.3) is 0 Å². The van der Waals surface area contributed by atoms with E-state index in [1.54, 1.807) is 12.3 Å². The molecule has 0 bridgehead atoms. The van der Waals surface area contributed by atoms with Gasteiger partial charge in [-0.05, 0) is 18.6 Å². The SMILES string of the molecule is CCCn1ccnc1C(O)c1ccc(F)cc1Br. The zero-order valence-corrected chi connectivity index (χ0v) is 11.6.